The number of hydrogen-bond donors (Lipinski definition) is 1. The van der Waals surface area contributed by atoms with Gasteiger partial charge in [-0.1, -0.05) is 0 Å². The molecule has 0 aromatic carbocycles. The van der Waals surface area contributed by atoms with Crippen LogP contribution in [0.3, 0.4) is 0 Å². The van der Waals surface area contributed by atoms with Gasteiger partial charge in [0, 0.05) is 32.5 Å². The Bertz CT molecular complexity index is 921. The fourth-order valence-electron chi connectivity index (χ4n) is 3.01. The minimum Gasteiger partial charge on any atom is -0.475 e. The number of sulfonamides is 1. The Labute approximate surface area is 156 Å². The van der Waals surface area contributed by atoms with E-state index < -0.39 is 32.9 Å². The molecule has 0 radical (unpaired) electrons. The van der Waals surface area contributed by atoms with Crippen molar-refractivity contribution in [2.45, 2.75) is 30.5 Å². The van der Waals surface area contributed by atoms with Crippen molar-refractivity contribution < 1.29 is 27.5 Å². The number of nitrogens with zero attached hydrogens (tertiary/aromatic N) is 4. The predicted octanol–water partition coefficient (Wildman–Crippen LogP) is 0.486. The zero-order valence-corrected chi connectivity index (χ0v) is 15.5. The Morgan fingerprint density at radius 2 is 2.19 bits per heavy atom. The number of carbonyl (C=O) groups is 2. The Morgan fingerprint density at radius 3 is 2.81 bits per heavy atom. The number of hydrogen-bond acceptors (Lipinski definition) is 6. The maximum atomic E-state index is 12.8. The monoisotopic (exact) mass is 396 g/mol. The SMILES string of the molecule is CN(CCn1cccn1)C(=O)C1CCCN1S(=O)(=O)c1ccc(C(=O)O)o1. The van der Waals surface area contributed by atoms with Crippen molar-refractivity contribution in [1.82, 2.24) is 19.0 Å². The molecule has 1 saturated heterocycles. The second-order valence-electron chi connectivity index (χ2n) is 6.23. The molecule has 1 aliphatic heterocycles. The standard InChI is InChI=1S/C16H20N4O6S/c1-18(10-11-19-8-3-7-17-19)15(21)12-4-2-9-20(12)27(24,25)14-6-5-13(26-14)16(22)23/h3,5-8,12H,2,4,9-11H2,1H3,(H,22,23). The molecule has 0 bridgehead atoms. The molecule has 10 nitrogen and oxygen atoms in total. The van der Waals surface area contributed by atoms with Crippen LogP contribution < -0.4 is 0 Å². The van der Waals surface area contributed by atoms with Gasteiger partial charge in [-0.25, -0.2) is 13.2 Å². The molecule has 0 saturated carbocycles. The Kier molecular flexibility index (Phi) is 5.33. The summed E-state index contributed by atoms with van der Waals surface area (Å²) in [4.78, 5) is 25.2. The molecule has 3 heterocycles. The number of aromatic carboxylic acids is 1. The summed E-state index contributed by atoms with van der Waals surface area (Å²) in [5, 5.41) is 12.5. The third-order valence-electron chi connectivity index (χ3n) is 4.44. The Morgan fingerprint density at radius 1 is 1.41 bits per heavy atom. The first kappa shape index (κ1) is 19.1. The predicted molar refractivity (Wildman–Crippen MR) is 92.4 cm³/mol. The van der Waals surface area contributed by atoms with Crippen LogP contribution in [0.5, 0.6) is 0 Å². The van der Waals surface area contributed by atoms with E-state index in [0.29, 0.717) is 25.9 Å². The van der Waals surface area contributed by atoms with Crippen molar-refractivity contribution in [2.24, 2.45) is 0 Å². The number of carboxylic acids is 1. The van der Waals surface area contributed by atoms with Gasteiger partial charge in [0.1, 0.15) is 6.04 Å². The van der Waals surface area contributed by atoms with Gasteiger partial charge in [0.05, 0.1) is 6.54 Å². The highest BCUT2D eigenvalue weighted by atomic mass is 32.2. The van der Waals surface area contributed by atoms with Crippen molar-refractivity contribution in [3.63, 3.8) is 0 Å². The van der Waals surface area contributed by atoms with E-state index in [4.69, 9.17) is 9.52 Å². The molecule has 1 atom stereocenters. The molecule has 1 amide bonds. The van der Waals surface area contributed by atoms with E-state index in [9.17, 15) is 18.0 Å². The molecule has 0 spiro atoms. The van der Waals surface area contributed by atoms with E-state index in [-0.39, 0.29) is 12.5 Å². The molecular weight excluding hydrogens is 376 g/mol. The van der Waals surface area contributed by atoms with Gasteiger partial charge in [-0.2, -0.15) is 9.40 Å². The average molecular weight is 396 g/mol. The molecule has 2 aromatic rings. The zero-order chi connectivity index (χ0) is 19.6. The van der Waals surface area contributed by atoms with Crippen molar-refractivity contribution in [1.29, 1.82) is 0 Å². The van der Waals surface area contributed by atoms with E-state index in [1.807, 2.05) is 0 Å². The summed E-state index contributed by atoms with van der Waals surface area (Å²) >= 11 is 0. The van der Waals surface area contributed by atoms with Crippen LogP contribution in [0.2, 0.25) is 0 Å². The average Bonchev–Trinajstić information content (AvgIpc) is 3.40. The number of carboxylic acid groups (broad SMARTS) is 1. The van der Waals surface area contributed by atoms with E-state index in [1.54, 1.807) is 30.2 Å². The third-order valence-corrected chi connectivity index (χ3v) is 6.23. The van der Waals surface area contributed by atoms with E-state index >= 15 is 0 Å². The van der Waals surface area contributed by atoms with Gasteiger partial charge in [-0.3, -0.25) is 9.48 Å². The second kappa shape index (κ2) is 7.53. The van der Waals surface area contributed by atoms with Crippen LogP contribution >= 0.6 is 0 Å². The number of rotatable bonds is 7. The fourth-order valence-corrected chi connectivity index (χ4v) is 4.58. The van der Waals surface area contributed by atoms with Crippen molar-refractivity contribution in [2.75, 3.05) is 20.1 Å². The largest absolute Gasteiger partial charge is 0.475 e. The normalized spacial score (nSPS) is 17.9. The first-order valence-electron chi connectivity index (χ1n) is 8.38. The van der Waals surface area contributed by atoms with Crippen LogP contribution in [0.4, 0.5) is 0 Å². The lowest BCUT2D eigenvalue weighted by Crippen LogP contribution is -2.47. The third kappa shape index (κ3) is 3.88. The highest BCUT2D eigenvalue weighted by molar-refractivity contribution is 7.89. The molecule has 11 heteroatoms. The van der Waals surface area contributed by atoms with E-state index in [0.717, 1.165) is 16.4 Å². The maximum Gasteiger partial charge on any atom is 0.371 e. The van der Waals surface area contributed by atoms with Crippen LogP contribution in [0.15, 0.2) is 40.1 Å². The van der Waals surface area contributed by atoms with Gasteiger partial charge in [0.2, 0.25) is 16.8 Å². The molecule has 27 heavy (non-hydrogen) atoms. The summed E-state index contributed by atoms with van der Waals surface area (Å²) in [5.74, 6) is -2.14. The van der Waals surface area contributed by atoms with Gasteiger partial charge >= 0.3 is 5.97 Å². The molecule has 1 N–H and O–H groups in total. The lowest BCUT2D eigenvalue weighted by Gasteiger charge is -2.26. The summed E-state index contributed by atoms with van der Waals surface area (Å²) in [6.07, 6.45) is 4.36. The quantitative estimate of drug-likeness (QED) is 0.721. The number of amides is 1. The maximum absolute atomic E-state index is 12.8. The van der Waals surface area contributed by atoms with Crippen LogP contribution in [0.1, 0.15) is 23.4 Å². The topological polar surface area (TPSA) is 126 Å². The number of likely N-dealkylation sites (N-methyl/N-ethyl adjacent to an activating group) is 1. The van der Waals surface area contributed by atoms with Crippen molar-refractivity contribution in [3.05, 3.63) is 36.4 Å². The second-order valence-corrected chi connectivity index (χ2v) is 8.05. The van der Waals surface area contributed by atoms with Gasteiger partial charge in [0.15, 0.2) is 0 Å². The lowest BCUT2D eigenvalue weighted by molar-refractivity contribution is -0.133. The summed E-state index contributed by atoms with van der Waals surface area (Å²) in [5.41, 5.74) is 0. The van der Waals surface area contributed by atoms with Crippen LogP contribution in [-0.4, -0.2) is 70.6 Å². The summed E-state index contributed by atoms with van der Waals surface area (Å²) < 4.78 is 33.3. The molecule has 1 fully saturated rings. The van der Waals surface area contributed by atoms with Gasteiger partial charge in [0.25, 0.3) is 10.0 Å². The van der Waals surface area contributed by atoms with Crippen molar-refractivity contribution >= 4 is 21.9 Å². The molecule has 146 valence electrons. The molecule has 1 unspecified atom stereocenters. The van der Waals surface area contributed by atoms with Crippen LogP contribution in [0, 0.1) is 0 Å². The van der Waals surface area contributed by atoms with Gasteiger partial charge in [-0.05, 0) is 31.0 Å². The van der Waals surface area contributed by atoms with Gasteiger partial charge < -0.3 is 14.4 Å². The molecular formula is C16H20N4O6S. The summed E-state index contributed by atoms with van der Waals surface area (Å²) in [6.45, 7) is 1.05. The minimum absolute atomic E-state index is 0.175. The molecule has 2 aromatic heterocycles. The van der Waals surface area contributed by atoms with Crippen LogP contribution in [-0.2, 0) is 21.4 Å². The Balaban J connectivity index is 1.73. The van der Waals surface area contributed by atoms with E-state index in [2.05, 4.69) is 5.10 Å². The van der Waals surface area contributed by atoms with Crippen molar-refractivity contribution in [3.8, 4) is 0 Å². The minimum atomic E-state index is -4.10. The fraction of sp³-hybridized carbons (Fsp3) is 0.438. The first-order valence-corrected chi connectivity index (χ1v) is 9.82. The number of carbonyl (C=O) groups excluding carboxylic acids is 1. The summed E-state index contributed by atoms with van der Waals surface area (Å²) in [7, 11) is -2.48. The number of aromatic nitrogens is 2. The van der Waals surface area contributed by atoms with Crippen LogP contribution in [0.25, 0.3) is 0 Å². The molecule has 3 rings (SSSR count). The summed E-state index contributed by atoms with van der Waals surface area (Å²) in [6, 6.07) is 3.12. The highest BCUT2D eigenvalue weighted by Gasteiger charge is 2.42. The number of furan rings is 1. The highest BCUT2D eigenvalue weighted by Crippen LogP contribution is 2.28. The molecule has 1 aliphatic rings. The van der Waals surface area contributed by atoms with E-state index in [1.165, 1.54) is 4.90 Å². The Hall–Kier alpha value is -2.66. The lowest BCUT2D eigenvalue weighted by atomic mass is 10.2. The zero-order valence-electron chi connectivity index (χ0n) is 14.7. The first-order chi connectivity index (χ1) is 12.8. The smallest absolute Gasteiger partial charge is 0.371 e. The van der Waals surface area contributed by atoms with Gasteiger partial charge in [-0.15, -0.1) is 0 Å². The molecule has 0 aliphatic carbocycles.